The maximum absolute atomic E-state index is 8.73. The van der Waals surface area contributed by atoms with Crippen molar-refractivity contribution in [1.82, 2.24) is 4.98 Å². The van der Waals surface area contributed by atoms with Crippen LogP contribution in [-0.4, -0.2) is 18.1 Å². The number of nitrogens with two attached hydrogens (primary N) is 1. The van der Waals surface area contributed by atoms with Crippen LogP contribution in [-0.2, 0) is 4.74 Å². The predicted octanol–water partition coefficient (Wildman–Crippen LogP) is 0.413. The van der Waals surface area contributed by atoms with Crippen LogP contribution in [0.3, 0.4) is 0 Å². The van der Waals surface area contributed by atoms with Gasteiger partial charge in [-0.3, -0.25) is 0 Å². The molecule has 0 bridgehead atoms. The first kappa shape index (κ1) is 13.9. The molecule has 0 fully saturated rings. The minimum Gasteiger partial charge on any atom is -0.494 e. The molecule has 1 rings (SSSR count). The number of rotatable bonds is 5. The number of hydrogen-bond donors (Lipinski definition) is 1. The van der Waals surface area contributed by atoms with Crippen molar-refractivity contribution in [3.63, 3.8) is 0 Å². The Bertz CT molecular complexity index is 570. The van der Waals surface area contributed by atoms with Gasteiger partial charge in [0.2, 0.25) is 0 Å². The lowest BCUT2D eigenvalue weighted by atomic mass is 10.2. The van der Waals surface area contributed by atoms with Gasteiger partial charge in [-0.1, -0.05) is 6.58 Å². The molecule has 1 aromatic rings. The number of pyridine rings is 1. The number of aromatic nitrogens is 1. The van der Waals surface area contributed by atoms with E-state index >= 15 is 0 Å². The second kappa shape index (κ2) is 7.25. The zero-order chi connectivity index (χ0) is 13.4. The topological polar surface area (TPSA) is 71.9 Å². The molecule has 1 heterocycles. The molecule has 0 saturated carbocycles. The highest BCUT2D eigenvalue weighted by Crippen LogP contribution is 1.99. The summed E-state index contributed by atoms with van der Waals surface area (Å²) in [5.41, 5.74) is 5.77. The van der Waals surface area contributed by atoms with Crippen LogP contribution >= 0.6 is 0 Å². The first-order valence-corrected chi connectivity index (χ1v) is 5.78. The molecular formula is C14H17N3O. The van der Waals surface area contributed by atoms with Crippen molar-refractivity contribution in [2.75, 3.05) is 13.2 Å². The van der Waals surface area contributed by atoms with Gasteiger partial charge in [-0.25, -0.2) is 4.98 Å². The first-order chi connectivity index (χ1) is 8.71. The van der Waals surface area contributed by atoms with E-state index in [0.717, 1.165) is 17.4 Å². The average Bonchev–Trinajstić information content (AvgIpc) is 2.39. The Hall–Kier alpha value is -2.12. The molecule has 2 N–H and O–H groups in total. The zero-order valence-corrected chi connectivity index (χ0v) is 10.5. The molecule has 0 saturated heterocycles. The van der Waals surface area contributed by atoms with Crippen molar-refractivity contribution in [2.24, 2.45) is 5.73 Å². The Morgan fingerprint density at radius 3 is 2.94 bits per heavy atom. The predicted molar refractivity (Wildman–Crippen MR) is 71.6 cm³/mol. The van der Waals surface area contributed by atoms with Gasteiger partial charge in [-0.2, -0.15) is 5.26 Å². The molecular weight excluding hydrogens is 226 g/mol. The molecule has 18 heavy (non-hydrogen) atoms. The number of nitriles is 1. The number of ether oxygens (including phenoxy) is 1. The van der Waals surface area contributed by atoms with E-state index < -0.39 is 0 Å². The van der Waals surface area contributed by atoms with Crippen LogP contribution in [0.1, 0.15) is 19.0 Å². The van der Waals surface area contributed by atoms with E-state index in [1.165, 1.54) is 0 Å². The van der Waals surface area contributed by atoms with Crippen LogP contribution in [0.4, 0.5) is 0 Å². The SMILES string of the molecule is C=c1nc(C#N)cc/c1=C/C(=C\C)OCCCN. The molecule has 0 radical (unpaired) electrons. The van der Waals surface area contributed by atoms with E-state index in [0.29, 0.717) is 24.2 Å². The molecule has 4 nitrogen and oxygen atoms in total. The fraction of sp³-hybridized carbons (Fsp3) is 0.286. The Morgan fingerprint density at radius 2 is 2.39 bits per heavy atom. The third-order valence-electron chi connectivity index (χ3n) is 2.32. The van der Waals surface area contributed by atoms with Crippen molar-refractivity contribution in [3.8, 4) is 6.07 Å². The number of nitrogens with zero attached hydrogens (tertiary/aromatic N) is 2. The monoisotopic (exact) mass is 243 g/mol. The van der Waals surface area contributed by atoms with Gasteiger partial charge < -0.3 is 10.5 Å². The second-order valence-corrected chi connectivity index (χ2v) is 3.67. The van der Waals surface area contributed by atoms with Crippen molar-refractivity contribution < 1.29 is 4.74 Å². The summed E-state index contributed by atoms with van der Waals surface area (Å²) >= 11 is 0. The summed E-state index contributed by atoms with van der Waals surface area (Å²) in [7, 11) is 0. The van der Waals surface area contributed by atoms with E-state index in [9.17, 15) is 0 Å². The Morgan fingerprint density at radius 1 is 1.61 bits per heavy atom. The molecule has 1 aromatic heterocycles. The van der Waals surface area contributed by atoms with Crippen LogP contribution in [0.25, 0.3) is 12.7 Å². The van der Waals surface area contributed by atoms with Gasteiger partial charge in [0.05, 0.1) is 12.0 Å². The Balaban J connectivity index is 2.95. The maximum atomic E-state index is 8.73. The van der Waals surface area contributed by atoms with Gasteiger partial charge in [0.15, 0.2) is 0 Å². The van der Waals surface area contributed by atoms with E-state index in [2.05, 4.69) is 11.6 Å². The molecule has 0 amide bonds. The first-order valence-electron chi connectivity index (χ1n) is 5.78. The van der Waals surface area contributed by atoms with Gasteiger partial charge in [-0.05, 0) is 44.2 Å². The zero-order valence-electron chi connectivity index (χ0n) is 10.5. The van der Waals surface area contributed by atoms with Crippen LogP contribution in [0.2, 0.25) is 0 Å². The van der Waals surface area contributed by atoms with E-state index in [4.69, 9.17) is 15.7 Å². The summed E-state index contributed by atoms with van der Waals surface area (Å²) in [5.74, 6) is 0.750. The quantitative estimate of drug-likeness (QED) is 0.600. The molecule has 0 aliphatic heterocycles. The minimum absolute atomic E-state index is 0.364. The molecule has 0 atom stereocenters. The second-order valence-electron chi connectivity index (χ2n) is 3.67. The molecule has 0 unspecified atom stereocenters. The summed E-state index contributed by atoms with van der Waals surface area (Å²) < 4.78 is 5.55. The highest BCUT2D eigenvalue weighted by atomic mass is 16.5. The Kier molecular flexibility index (Phi) is 5.62. The van der Waals surface area contributed by atoms with Gasteiger partial charge in [0.25, 0.3) is 0 Å². The highest BCUT2D eigenvalue weighted by molar-refractivity contribution is 5.42. The average molecular weight is 243 g/mol. The third kappa shape index (κ3) is 4.04. The lowest BCUT2D eigenvalue weighted by molar-refractivity contribution is 0.227. The lowest BCUT2D eigenvalue weighted by Crippen LogP contribution is -2.27. The van der Waals surface area contributed by atoms with Crippen LogP contribution in [0.5, 0.6) is 0 Å². The minimum atomic E-state index is 0.364. The summed E-state index contributed by atoms with van der Waals surface area (Å²) in [6.45, 7) is 6.91. The van der Waals surface area contributed by atoms with Crippen molar-refractivity contribution in [3.05, 3.63) is 40.2 Å². The lowest BCUT2D eigenvalue weighted by Gasteiger charge is -2.05. The fourth-order valence-electron chi connectivity index (χ4n) is 1.34. The van der Waals surface area contributed by atoms with E-state index in [1.54, 1.807) is 6.07 Å². The number of hydrogen-bond acceptors (Lipinski definition) is 4. The molecule has 94 valence electrons. The van der Waals surface area contributed by atoms with E-state index in [1.807, 2.05) is 31.2 Å². The molecule has 0 aliphatic rings. The van der Waals surface area contributed by atoms with Crippen molar-refractivity contribution >= 4 is 12.7 Å². The van der Waals surface area contributed by atoms with Gasteiger partial charge in [0, 0.05) is 5.22 Å². The normalized spacial score (nSPS) is 12.3. The molecule has 0 spiro atoms. The molecule has 4 heteroatoms. The summed E-state index contributed by atoms with van der Waals surface area (Å²) in [6, 6.07) is 5.45. The van der Waals surface area contributed by atoms with Crippen molar-refractivity contribution in [2.45, 2.75) is 13.3 Å². The van der Waals surface area contributed by atoms with E-state index in [-0.39, 0.29) is 0 Å². The number of allylic oxidation sites excluding steroid dienone is 2. The summed E-state index contributed by atoms with van der Waals surface area (Å²) in [6.07, 6.45) is 4.54. The van der Waals surface area contributed by atoms with Crippen molar-refractivity contribution in [1.29, 1.82) is 5.26 Å². The van der Waals surface area contributed by atoms with Gasteiger partial charge >= 0.3 is 0 Å². The molecule has 0 aromatic carbocycles. The fourth-order valence-corrected chi connectivity index (χ4v) is 1.34. The van der Waals surface area contributed by atoms with Gasteiger partial charge in [0.1, 0.15) is 17.5 Å². The van der Waals surface area contributed by atoms with Crippen LogP contribution in [0.15, 0.2) is 24.0 Å². The summed E-state index contributed by atoms with van der Waals surface area (Å²) in [4.78, 5) is 4.07. The maximum Gasteiger partial charge on any atom is 0.141 e. The Labute approximate surface area is 107 Å². The van der Waals surface area contributed by atoms with Crippen LogP contribution in [0, 0.1) is 11.3 Å². The largest absolute Gasteiger partial charge is 0.494 e. The standard InChI is InChI=1S/C14H17N3O/c1-3-14(18-8-4-7-15)9-12-5-6-13(10-16)17-11(12)2/h3,5-6,9H,2,4,7-8,15H2,1H3/b12-9-,14-3+. The van der Waals surface area contributed by atoms with Crippen LogP contribution < -0.4 is 16.3 Å². The smallest absolute Gasteiger partial charge is 0.141 e. The van der Waals surface area contributed by atoms with Gasteiger partial charge in [-0.15, -0.1) is 0 Å². The highest BCUT2D eigenvalue weighted by Gasteiger charge is 1.95. The third-order valence-corrected chi connectivity index (χ3v) is 2.32. The summed E-state index contributed by atoms with van der Waals surface area (Å²) in [5, 5.41) is 10.1. The molecule has 0 aliphatic carbocycles.